The largest absolute Gasteiger partial charge is 0.390 e. The molecular weight excluding hydrogens is 416 g/mol. The normalized spacial score (nSPS) is 22.5. The number of nitrogens with one attached hydrogen (secondary N) is 1. The molecule has 5 N–H and O–H groups in total. The highest BCUT2D eigenvalue weighted by atomic mass is 16.3. The van der Waals surface area contributed by atoms with Crippen molar-refractivity contribution in [3.8, 4) is 5.69 Å². The van der Waals surface area contributed by atoms with E-state index in [1.807, 2.05) is 84.3 Å². The fourth-order valence-electron chi connectivity index (χ4n) is 3.82. The smallest absolute Gasteiger partial charge is 0.248 e. The molecule has 8 nitrogen and oxygen atoms in total. The van der Waals surface area contributed by atoms with Crippen molar-refractivity contribution in [2.24, 2.45) is 23.7 Å². The van der Waals surface area contributed by atoms with Crippen LogP contribution in [0.15, 0.2) is 96.7 Å². The van der Waals surface area contributed by atoms with Gasteiger partial charge in [-0.1, -0.05) is 37.5 Å². The molecule has 3 unspecified atom stereocenters. The van der Waals surface area contributed by atoms with Crippen molar-refractivity contribution in [2.45, 2.75) is 25.6 Å². The molecule has 2 aromatic rings. The van der Waals surface area contributed by atoms with E-state index in [0.717, 1.165) is 11.3 Å². The van der Waals surface area contributed by atoms with Crippen LogP contribution in [0.4, 0.5) is 5.69 Å². The highest BCUT2D eigenvalue weighted by molar-refractivity contribution is 5.80. The number of β-amino-alcohol motifs (C(OH)–C–C–N with tert-alkyl or cyclic N) is 1. The molecule has 1 aliphatic rings. The molecule has 0 spiro atoms. The number of imidazole rings is 1. The van der Waals surface area contributed by atoms with Crippen LogP contribution in [0.25, 0.3) is 5.69 Å². The zero-order chi connectivity index (χ0) is 24.0. The molecule has 0 bridgehead atoms. The summed E-state index contributed by atoms with van der Waals surface area (Å²) in [6, 6.07) is 7.66. The first-order valence-corrected chi connectivity index (χ1v) is 10.8. The molecule has 8 heteroatoms. The molecule has 0 amide bonds. The third-order valence-corrected chi connectivity index (χ3v) is 5.53. The quantitative estimate of drug-likeness (QED) is 0.234. The molecule has 1 saturated heterocycles. The van der Waals surface area contributed by atoms with Gasteiger partial charge < -0.3 is 15.9 Å². The maximum Gasteiger partial charge on any atom is 0.248 e. The number of aliphatic hydroxyl groups is 2. The van der Waals surface area contributed by atoms with Gasteiger partial charge in [-0.25, -0.2) is 14.1 Å². The second-order valence-corrected chi connectivity index (χ2v) is 8.04. The summed E-state index contributed by atoms with van der Waals surface area (Å²) in [5, 5.41) is 22.5. The highest BCUT2D eigenvalue weighted by Crippen LogP contribution is 2.31. The fraction of sp³-hybridized carbons (Fsp3) is 0.280. The minimum absolute atomic E-state index is 0.119. The van der Waals surface area contributed by atoms with Gasteiger partial charge in [-0.3, -0.25) is 10.4 Å². The molecule has 1 fully saturated rings. The molecule has 33 heavy (non-hydrogen) atoms. The van der Waals surface area contributed by atoms with Crippen molar-refractivity contribution >= 4 is 11.6 Å². The number of aryl methyl sites for hydroxylation is 1. The maximum absolute atomic E-state index is 10.5. The lowest BCUT2D eigenvalue weighted by atomic mass is 9.89. The van der Waals surface area contributed by atoms with Crippen molar-refractivity contribution < 1.29 is 14.8 Å². The fourth-order valence-corrected chi connectivity index (χ4v) is 3.82. The Bertz CT molecular complexity index is 1070. The van der Waals surface area contributed by atoms with Crippen LogP contribution in [0, 0.1) is 5.92 Å². The van der Waals surface area contributed by atoms with E-state index in [2.05, 4.69) is 23.6 Å². The number of rotatable bonds is 6. The van der Waals surface area contributed by atoms with Gasteiger partial charge >= 0.3 is 0 Å². The van der Waals surface area contributed by atoms with E-state index in [1.165, 1.54) is 0 Å². The SMILES string of the molecule is C=CC=C(C=CC)C1CC(O)C(O)CN(NC(N)=Nc2ccc(-n3cc[n+](C)c3)cc2)C1=C. The van der Waals surface area contributed by atoms with Crippen LogP contribution in [-0.2, 0) is 7.05 Å². The first-order chi connectivity index (χ1) is 15.8. The van der Waals surface area contributed by atoms with Gasteiger partial charge in [0.25, 0.3) is 0 Å². The molecule has 1 aliphatic heterocycles. The topological polar surface area (TPSA) is 103 Å². The molecule has 174 valence electrons. The second-order valence-electron chi connectivity index (χ2n) is 8.04. The predicted octanol–water partition coefficient (Wildman–Crippen LogP) is 2.00. The van der Waals surface area contributed by atoms with E-state index >= 15 is 0 Å². The molecule has 3 rings (SSSR count). The summed E-state index contributed by atoms with van der Waals surface area (Å²) in [4.78, 5) is 4.44. The van der Waals surface area contributed by atoms with Crippen LogP contribution >= 0.6 is 0 Å². The van der Waals surface area contributed by atoms with Crippen LogP contribution in [0.3, 0.4) is 0 Å². The Morgan fingerprint density at radius 3 is 2.61 bits per heavy atom. The Labute approximate surface area is 195 Å². The Morgan fingerprint density at radius 1 is 1.27 bits per heavy atom. The molecule has 2 heterocycles. The van der Waals surface area contributed by atoms with Crippen LogP contribution in [0.1, 0.15) is 13.3 Å². The van der Waals surface area contributed by atoms with Crippen molar-refractivity contribution in [1.82, 2.24) is 15.0 Å². The zero-order valence-electron chi connectivity index (χ0n) is 19.2. The number of hydrogen-bond acceptors (Lipinski definition) is 4. The van der Waals surface area contributed by atoms with Crippen molar-refractivity contribution in [2.75, 3.05) is 6.54 Å². The lowest BCUT2D eigenvalue weighted by Gasteiger charge is -2.30. The third-order valence-electron chi connectivity index (χ3n) is 5.53. The average molecular weight is 450 g/mol. The van der Waals surface area contributed by atoms with Gasteiger partial charge in [-0.15, -0.1) is 0 Å². The van der Waals surface area contributed by atoms with Gasteiger partial charge in [0.05, 0.1) is 31.5 Å². The number of aliphatic imine (C=N–C) groups is 1. The first kappa shape index (κ1) is 24.0. The van der Waals surface area contributed by atoms with E-state index in [-0.39, 0.29) is 18.4 Å². The van der Waals surface area contributed by atoms with E-state index in [4.69, 9.17) is 5.73 Å². The number of guanidine groups is 1. The van der Waals surface area contributed by atoms with Gasteiger partial charge in [-0.05, 0) is 43.2 Å². The van der Waals surface area contributed by atoms with E-state index in [9.17, 15) is 10.2 Å². The van der Waals surface area contributed by atoms with Crippen molar-refractivity contribution in [3.05, 3.63) is 91.7 Å². The summed E-state index contributed by atoms with van der Waals surface area (Å²) in [5.41, 5.74) is 12.5. The summed E-state index contributed by atoms with van der Waals surface area (Å²) >= 11 is 0. The molecule has 0 aliphatic carbocycles. The number of hydrazine groups is 1. The van der Waals surface area contributed by atoms with Gasteiger partial charge in [0.15, 0.2) is 0 Å². The number of aliphatic hydroxyl groups excluding tert-OH is 2. The van der Waals surface area contributed by atoms with Crippen LogP contribution in [0.2, 0.25) is 0 Å². The second kappa shape index (κ2) is 10.8. The van der Waals surface area contributed by atoms with Crippen LogP contribution in [-0.4, -0.2) is 44.5 Å². The van der Waals surface area contributed by atoms with Gasteiger partial charge in [0, 0.05) is 11.6 Å². The average Bonchev–Trinajstić information content (AvgIpc) is 3.19. The van der Waals surface area contributed by atoms with Crippen LogP contribution in [0.5, 0.6) is 0 Å². The number of nitrogens with two attached hydrogens (primary N) is 1. The number of nitrogens with zero attached hydrogens (tertiary/aromatic N) is 4. The maximum atomic E-state index is 10.5. The van der Waals surface area contributed by atoms with Gasteiger partial charge in [0.1, 0.15) is 18.1 Å². The Kier molecular flexibility index (Phi) is 7.87. The molecule has 0 radical (unpaired) electrons. The summed E-state index contributed by atoms with van der Waals surface area (Å²) in [7, 11) is 1.97. The molecule has 3 atom stereocenters. The summed E-state index contributed by atoms with van der Waals surface area (Å²) in [6.45, 7) is 10.0. The standard InChI is InChI=1S/C25H33N6O2/c1-5-7-19(8-6-2)22-15-23(32)24(33)16-31(18(22)3)28-25(26)27-20-9-11-21(12-10-20)30-14-13-29(4)17-30/h5-14,17,22-24,32-33H,1,3,15-16H2,2,4H3,(H3,26,27,28)/q+1. The summed E-state index contributed by atoms with van der Waals surface area (Å²) < 4.78 is 3.97. The van der Waals surface area contributed by atoms with Crippen molar-refractivity contribution in [3.63, 3.8) is 0 Å². The summed E-state index contributed by atoms with van der Waals surface area (Å²) in [5.74, 6) is -0.0762. The molecule has 1 aromatic heterocycles. The number of benzene rings is 1. The third kappa shape index (κ3) is 6.00. The summed E-state index contributed by atoms with van der Waals surface area (Å²) in [6.07, 6.45) is 11.8. The Hall–Kier alpha value is -3.62. The minimum Gasteiger partial charge on any atom is -0.390 e. The van der Waals surface area contributed by atoms with E-state index in [1.54, 1.807) is 11.1 Å². The molecule has 1 aromatic carbocycles. The predicted molar refractivity (Wildman–Crippen MR) is 130 cm³/mol. The van der Waals surface area contributed by atoms with Crippen molar-refractivity contribution in [1.29, 1.82) is 0 Å². The molecule has 0 saturated carbocycles. The van der Waals surface area contributed by atoms with Gasteiger partial charge in [-0.2, -0.15) is 0 Å². The monoisotopic (exact) mass is 449 g/mol. The number of allylic oxidation sites excluding steroid dienone is 5. The van der Waals surface area contributed by atoms with E-state index < -0.39 is 12.2 Å². The van der Waals surface area contributed by atoms with Gasteiger partial charge in [0.2, 0.25) is 12.3 Å². The lowest BCUT2D eigenvalue weighted by Crippen LogP contribution is -2.49. The number of aromatic nitrogens is 2. The Balaban J connectivity index is 1.79. The highest BCUT2D eigenvalue weighted by Gasteiger charge is 2.33. The Morgan fingerprint density at radius 2 is 2.00 bits per heavy atom. The van der Waals surface area contributed by atoms with Crippen LogP contribution < -0.4 is 15.7 Å². The zero-order valence-corrected chi connectivity index (χ0v) is 19.2. The van der Waals surface area contributed by atoms with E-state index in [0.29, 0.717) is 17.8 Å². The first-order valence-electron chi connectivity index (χ1n) is 10.8. The minimum atomic E-state index is -0.968. The molecular formula is C25H33N6O2+. The lowest BCUT2D eigenvalue weighted by molar-refractivity contribution is -0.670. The number of hydrogen-bond donors (Lipinski definition) is 4.